The minimum absolute atomic E-state index is 0.190. The van der Waals surface area contributed by atoms with Gasteiger partial charge in [-0.25, -0.2) is 4.98 Å². The largest absolute Gasteiger partial charge is 0.369 e. The SMILES string of the molecule is CCn1c(=O)c(-c2ccc(C(=N)NO)cc2Cl)cc2cnc(Nc3ccc(N4CCN(C)CC4)cc3)nc21. The predicted octanol–water partition coefficient (Wildman–Crippen LogP) is 3.93. The second-order valence-electron chi connectivity index (χ2n) is 9.22. The summed E-state index contributed by atoms with van der Waals surface area (Å²) in [4.78, 5) is 27.3. The third-order valence-electron chi connectivity index (χ3n) is 6.79. The smallest absolute Gasteiger partial charge is 0.260 e. The molecule has 4 aromatic rings. The second-order valence-corrected chi connectivity index (χ2v) is 9.63. The van der Waals surface area contributed by atoms with Crippen molar-refractivity contribution in [3.05, 3.63) is 75.7 Å². The number of piperazine rings is 1. The summed E-state index contributed by atoms with van der Waals surface area (Å²) in [5.41, 5.74) is 5.46. The molecular formula is C27H29ClN8O2. The van der Waals surface area contributed by atoms with Gasteiger partial charge in [0.2, 0.25) is 5.95 Å². The summed E-state index contributed by atoms with van der Waals surface area (Å²) in [5.74, 6) is 0.210. The molecule has 38 heavy (non-hydrogen) atoms. The predicted molar refractivity (Wildman–Crippen MR) is 151 cm³/mol. The van der Waals surface area contributed by atoms with Gasteiger partial charge in [0.1, 0.15) is 11.5 Å². The highest BCUT2D eigenvalue weighted by Crippen LogP contribution is 2.29. The number of hydrogen-bond donors (Lipinski definition) is 4. The van der Waals surface area contributed by atoms with Gasteiger partial charge in [0.15, 0.2) is 0 Å². The fourth-order valence-corrected chi connectivity index (χ4v) is 4.89. The number of amidine groups is 1. The van der Waals surface area contributed by atoms with Gasteiger partial charge in [-0.3, -0.25) is 25.5 Å². The summed E-state index contributed by atoms with van der Waals surface area (Å²) in [6.45, 7) is 6.41. The highest BCUT2D eigenvalue weighted by atomic mass is 35.5. The Morgan fingerprint density at radius 1 is 1.08 bits per heavy atom. The number of halogens is 1. The number of fused-ring (bicyclic) bond motifs is 1. The fraction of sp³-hybridized carbons (Fsp3) is 0.259. The molecule has 196 valence electrons. The summed E-state index contributed by atoms with van der Waals surface area (Å²) < 4.78 is 1.59. The third kappa shape index (κ3) is 5.06. The van der Waals surface area contributed by atoms with E-state index >= 15 is 0 Å². The second kappa shape index (κ2) is 10.8. The Hall–Kier alpha value is -3.99. The standard InChI is InChI=1S/C27H29ClN8O2/c1-3-36-25-18(14-22(26(36)37)21-9-4-17(15-23(21)28)24(29)33-38)16-30-27(32-25)31-19-5-7-20(8-6-19)35-12-10-34(2)11-13-35/h4-9,14-16,38H,3,10-13H2,1-2H3,(H2,29,33)(H,30,31,32). The number of nitrogens with zero attached hydrogens (tertiary/aromatic N) is 5. The summed E-state index contributed by atoms with van der Waals surface area (Å²) in [5, 5.41) is 20.9. The molecule has 0 aliphatic carbocycles. The first kappa shape index (κ1) is 25.7. The monoisotopic (exact) mass is 532 g/mol. The minimum Gasteiger partial charge on any atom is -0.369 e. The number of rotatable bonds is 6. The average molecular weight is 533 g/mol. The number of benzene rings is 2. The van der Waals surface area contributed by atoms with Crippen LogP contribution in [0.15, 0.2) is 59.5 Å². The van der Waals surface area contributed by atoms with Gasteiger partial charge in [0.25, 0.3) is 5.56 Å². The van der Waals surface area contributed by atoms with Gasteiger partial charge in [-0.2, -0.15) is 4.98 Å². The zero-order valence-corrected chi connectivity index (χ0v) is 22.0. The molecule has 3 heterocycles. The number of likely N-dealkylation sites (N-methyl/N-ethyl adjacent to an activating group) is 1. The molecular weight excluding hydrogens is 504 g/mol. The number of hydrogen-bond acceptors (Lipinski definition) is 8. The van der Waals surface area contributed by atoms with Crippen LogP contribution in [0.4, 0.5) is 17.3 Å². The summed E-state index contributed by atoms with van der Waals surface area (Å²) in [6, 6.07) is 14.7. The van der Waals surface area contributed by atoms with E-state index in [9.17, 15) is 4.79 Å². The van der Waals surface area contributed by atoms with Crippen molar-refractivity contribution in [2.24, 2.45) is 0 Å². The summed E-state index contributed by atoms with van der Waals surface area (Å²) in [7, 11) is 2.14. The van der Waals surface area contributed by atoms with Crippen LogP contribution in [0, 0.1) is 5.41 Å². The van der Waals surface area contributed by atoms with Crippen LogP contribution >= 0.6 is 11.6 Å². The first-order valence-electron chi connectivity index (χ1n) is 12.4. The lowest BCUT2D eigenvalue weighted by atomic mass is 10.0. The molecule has 11 heteroatoms. The fourth-order valence-electron chi connectivity index (χ4n) is 4.61. The van der Waals surface area contributed by atoms with Crippen molar-refractivity contribution in [1.82, 2.24) is 24.9 Å². The maximum absolute atomic E-state index is 13.4. The number of anilines is 3. The normalized spacial score (nSPS) is 14.1. The lowest BCUT2D eigenvalue weighted by molar-refractivity contribution is 0.234. The molecule has 0 amide bonds. The van der Waals surface area contributed by atoms with Crippen LogP contribution in [0.2, 0.25) is 5.02 Å². The molecule has 5 rings (SSSR count). The van der Waals surface area contributed by atoms with E-state index in [2.05, 4.69) is 44.3 Å². The maximum Gasteiger partial charge on any atom is 0.260 e. The number of nitrogens with one attached hydrogen (secondary N) is 3. The van der Waals surface area contributed by atoms with Crippen LogP contribution < -0.4 is 21.3 Å². The first-order chi connectivity index (χ1) is 18.4. The molecule has 0 spiro atoms. The zero-order chi connectivity index (χ0) is 26.8. The number of hydroxylamine groups is 1. The lowest BCUT2D eigenvalue weighted by Gasteiger charge is -2.34. The molecule has 1 saturated heterocycles. The molecule has 10 nitrogen and oxygen atoms in total. The van der Waals surface area contributed by atoms with E-state index in [0.717, 1.165) is 31.9 Å². The molecule has 1 fully saturated rings. The molecule has 2 aromatic heterocycles. The van der Waals surface area contributed by atoms with Gasteiger partial charge in [0, 0.05) is 77.4 Å². The van der Waals surface area contributed by atoms with Crippen LogP contribution in [0.25, 0.3) is 22.2 Å². The molecule has 1 aliphatic rings. The van der Waals surface area contributed by atoms with Gasteiger partial charge < -0.3 is 15.1 Å². The van der Waals surface area contributed by atoms with Gasteiger partial charge in [-0.15, -0.1) is 0 Å². The Morgan fingerprint density at radius 2 is 1.82 bits per heavy atom. The summed E-state index contributed by atoms with van der Waals surface area (Å²) >= 11 is 6.47. The highest BCUT2D eigenvalue weighted by molar-refractivity contribution is 6.33. The first-order valence-corrected chi connectivity index (χ1v) is 12.8. The van der Waals surface area contributed by atoms with Crippen LogP contribution in [0.3, 0.4) is 0 Å². The van der Waals surface area contributed by atoms with E-state index in [1.54, 1.807) is 34.4 Å². The number of aryl methyl sites for hydroxylation is 1. The topological polar surface area (TPSA) is 122 Å². The van der Waals surface area contributed by atoms with Crippen molar-refractivity contribution in [3.8, 4) is 11.1 Å². The summed E-state index contributed by atoms with van der Waals surface area (Å²) in [6.07, 6.45) is 1.69. The Bertz CT molecular complexity index is 1550. The minimum atomic E-state index is -0.230. The maximum atomic E-state index is 13.4. The quantitative estimate of drug-likeness (QED) is 0.167. The van der Waals surface area contributed by atoms with Crippen LogP contribution in [0.5, 0.6) is 0 Å². The van der Waals surface area contributed by atoms with Crippen molar-refractivity contribution >= 4 is 45.8 Å². The Balaban J connectivity index is 1.43. The van der Waals surface area contributed by atoms with E-state index in [0.29, 0.717) is 45.2 Å². The van der Waals surface area contributed by atoms with Crippen molar-refractivity contribution in [2.75, 3.05) is 43.4 Å². The third-order valence-corrected chi connectivity index (χ3v) is 7.11. The molecule has 1 aliphatic heterocycles. The van der Waals surface area contributed by atoms with Crippen LogP contribution in [0.1, 0.15) is 12.5 Å². The Labute approximate surface area is 225 Å². The Kier molecular flexibility index (Phi) is 7.28. The number of pyridine rings is 1. The molecule has 0 radical (unpaired) electrons. The molecule has 4 N–H and O–H groups in total. The molecule has 2 aromatic carbocycles. The molecule has 0 saturated carbocycles. The molecule has 0 unspecified atom stereocenters. The van der Waals surface area contributed by atoms with Gasteiger partial charge >= 0.3 is 0 Å². The van der Waals surface area contributed by atoms with Crippen molar-refractivity contribution in [3.63, 3.8) is 0 Å². The number of aromatic nitrogens is 3. The van der Waals surface area contributed by atoms with E-state index in [4.69, 9.17) is 22.2 Å². The molecule has 0 bridgehead atoms. The van der Waals surface area contributed by atoms with E-state index in [1.165, 1.54) is 11.8 Å². The van der Waals surface area contributed by atoms with Crippen molar-refractivity contribution < 1.29 is 5.21 Å². The van der Waals surface area contributed by atoms with E-state index < -0.39 is 0 Å². The lowest BCUT2D eigenvalue weighted by Crippen LogP contribution is -2.44. The molecule has 0 atom stereocenters. The van der Waals surface area contributed by atoms with Crippen LogP contribution in [-0.4, -0.2) is 63.7 Å². The van der Waals surface area contributed by atoms with Gasteiger partial charge in [-0.1, -0.05) is 23.7 Å². The van der Waals surface area contributed by atoms with E-state index in [1.807, 2.05) is 19.1 Å². The zero-order valence-electron chi connectivity index (χ0n) is 21.2. The van der Waals surface area contributed by atoms with Gasteiger partial charge in [0.05, 0.1) is 0 Å². The highest BCUT2D eigenvalue weighted by Gasteiger charge is 2.17. The van der Waals surface area contributed by atoms with E-state index in [-0.39, 0.29) is 11.4 Å². The van der Waals surface area contributed by atoms with Crippen molar-refractivity contribution in [1.29, 1.82) is 5.41 Å². The Morgan fingerprint density at radius 3 is 2.47 bits per heavy atom. The van der Waals surface area contributed by atoms with Crippen molar-refractivity contribution in [2.45, 2.75) is 13.5 Å². The van der Waals surface area contributed by atoms with Crippen LogP contribution in [-0.2, 0) is 6.54 Å². The average Bonchev–Trinajstić information content (AvgIpc) is 2.93. The van der Waals surface area contributed by atoms with Gasteiger partial charge in [-0.05, 0) is 50.4 Å².